The number of piperidine rings is 1. The van der Waals surface area contributed by atoms with Gasteiger partial charge in [-0.15, -0.1) is 0 Å². The number of hydrogen-bond donors (Lipinski definition) is 1. The molecule has 0 unspecified atom stereocenters. The van der Waals surface area contributed by atoms with Crippen LogP contribution in [0.25, 0.3) is 0 Å². The van der Waals surface area contributed by atoms with Crippen molar-refractivity contribution in [2.24, 2.45) is 5.92 Å². The number of urea groups is 1. The third kappa shape index (κ3) is 4.54. The van der Waals surface area contributed by atoms with Crippen LogP contribution in [0.3, 0.4) is 0 Å². The molecule has 1 aliphatic rings. The fourth-order valence-corrected chi connectivity index (χ4v) is 3.43. The van der Waals surface area contributed by atoms with E-state index in [1.54, 1.807) is 12.1 Å². The molecule has 25 heavy (non-hydrogen) atoms. The Morgan fingerprint density at radius 2 is 1.96 bits per heavy atom. The topological polar surface area (TPSA) is 50.2 Å². The number of nitrogens with one attached hydrogen (secondary N) is 1. The first-order valence-corrected chi connectivity index (χ1v) is 9.23. The molecule has 1 saturated heterocycles. The van der Waals surface area contributed by atoms with E-state index in [9.17, 15) is 4.79 Å². The lowest BCUT2D eigenvalue weighted by Gasteiger charge is -2.32. The van der Waals surface area contributed by atoms with Crippen molar-refractivity contribution in [3.05, 3.63) is 47.5 Å². The molecule has 3 rings (SSSR count). The highest BCUT2D eigenvalue weighted by molar-refractivity contribution is 6.30. The maximum absolute atomic E-state index is 12.4. The van der Waals surface area contributed by atoms with Crippen molar-refractivity contribution in [2.75, 3.05) is 18.4 Å². The summed E-state index contributed by atoms with van der Waals surface area (Å²) in [6, 6.07) is 7.16. The Morgan fingerprint density at radius 1 is 1.28 bits per heavy atom. The monoisotopic (exact) mass is 360 g/mol. The molecule has 0 saturated carbocycles. The molecule has 1 aliphatic heterocycles. The van der Waals surface area contributed by atoms with E-state index >= 15 is 0 Å². The molecule has 2 aromatic rings. The van der Waals surface area contributed by atoms with Crippen molar-refractivity contribution in [1.29, 1.82) is 0 Å². The molecule has 1 N–H and O–H groups in total. The first-order valence-electron chi connectivity index (χ1n) is 8.85. The second-order valence-electron chi connectivity index (χ2n) is 6.96. The van der Waals surface area contributed by atoms with E-state index in [4.69, 9.17) is 11.6 Å². The molecular weight excluding hydrogens is 336 g/mol. The van der Waals surface area contributed by atoms with E-state index in [1.165, 1.54) is 0 Å². The number of nitrogens with zero attached hydrogens (tertiary/aromatic N) is 3. The summed E-state index contributed by atoms with van der Waals surface area (Å²) in [5, 5.41) is 3.60. The molecule has 134 valence electrons. The molecule has 0 spiro atoms. The third-order valence-electron chi connectivity index (χ3n) is 4.72. The molecule has 0 atom stereocenters. The van der Waals surface area contributed by atoms with Crippen LogP contribution in [0.15, 0.2) is 36.7 Å². The molecular formula is C19H25ClN4O. The molecule has 0 aliphatic carbocycles. The largest absolute Gasteiger partial charge is 0.334 e. The van der Waals surface area contributed by atoms with Gasteiger partial charge in [0.1, 0.15) is 5.82 Å². The molecule has 6 heteroatoms. The number of benzene rings is 1. The fourth-order valence-electron chi connectivity index (χ4n) is 3.31. The second-order valence-corrected chi connectivity index (χ2v) is 7.40. The van der Waals surface area contributed by atoms with Gasteiger partial charge in [-0.05, 0) is 43.0 Å². The lowest BCUT2D eigenvalue weighted by Crippen LogP contribution is -2.41. The number of hydrogen-bond acceptors (Lipinski definition) is 2. The highest BCUT2D eigenvalue weighted by Gasteiger charge is 2.23. The summed E-state index contributed by atoms with van der Waals surface area (Å²) in [5.41, 5.74) is 0.775. The van der Waals surface area contributed by atoms with Gasteiger partial charge >= 0.3 is 6.03 Å². The number of carbonyl (C=O) groups is 1. The van der Waals surface area contributed by atoms with Crippen molar-refractivity contribution in [1.82, 2.24) is 14.5 Å². The quantitative estimate of drug-likeness (QED) is 0.865. The highest BCUT2D eigenvalue weighted by atomic mass is 35.5. The fraction of sp³-hybridized carbons (Fsp3) is 0.474. The van der Waals surface area contributed by atoms with Gasteiger partial charge in [0.05, 0.1) is 0 Å². The summed E-state index contributed by atoms with van der Waals surface area (Å²) in [6.45, 7) is 6.90. The van der Waals surface area contributed by atoms with Gasteiger partial charge in [0, 0.05) is 48.7 Å². The van der Waals surface area contributed by atoms with Gasteiger partial charge in [0.15, 0.2) is 0 Å². The third-order valence-corrected chi connectivity index (χ3v) is 4.97. The van der Waals surface area contributed by atoms with Gasteiger partial charge in [0.2, 0.25) is 0 Å². The lowest BCUT2D eigenvalue weighted by molar-refractivity contribution is 0.176. The average molecular weight is 361 g/mol. The van der Waals surface area contributed by atoms with E-state index < -0.39 is 0 Å². The van der Waals surface area contributed by atoms with E-state index in [2.05, 4.69) is 34.9 Å². The molecule has 1 aromatic carbocycles. The molecule has 2 heterocycles. The summed E-state index contributed by atoms with van der Waals surface area (Å²) in [5.74, 6) is 2.16. The van der Waals surface area contributed by atoms with Crippen LogP contribution in [0, 0.1) is 5.92 Å². The van der Waals surface area contributed by atoms with Crippen molar-refractivity contribution < 1.29 is 4.79 Å². The van der Waals surface area contributed by atoms with Gasteiger partial charge < -0.3 is 14.8 Å². The first-order chi connectivity index (χ1) is 12.0. The van der Waals surface area contributed by atoms with Crippen LogP contribution in [-0.4, -0.2) is 33.6 Å². The maximum Gasteiger partial charge on any atom is 0.321 e. The standard InChI is InChI=1S/C19H25ClN4O/c1-14(2)18-21-9-12-24(18)13-15-7-10-23(11-8-15)19(25)22-17-5-3-16(20)4-6-17/h3-6,9,12,14-15H,7-8,10-11,13H2,1-2H3,(H,22,25). The highest BCUT2D eigenvalue weighted by Crippen LogP contribution is 2.22. The number of imidazole rings is 1. The Hall–Kier alpha value is -2.01. The van der Waals surface area contributed by atoms with E-state index in [0.717, 1.165) is 44.0 Å². The minimum atomic E-state index is -0.0359. The smallest absolute Gasteiger partial charge is 0.321 e. The normalized spacial score (nSPS) is 15.6. The predicted octanol–water partition coefficient (Wildman–Crippen LogP) is 4.60. The zero-order chi connectivity index (χ0) is 17.8. The Bertz CT molecular complexity index is 702. The number of halogens is 1. The van der Waals surface area contributed by atoms with Crippen molar-refractivity contribution >= 4 is 23.3 Å². The van der Waals surface area contributed by atoms with Crippen LogP contribution in [0.4, 0.5) is 10.5 Å². The summed E-state index contributed by atoms with van der Waals surface area (Å²) < 4.78 is 2.26. The van der Waals surface area contributed by atoms with Crippen molar-refractivity contribution in [3.63, 3.8) is 0 Å². The summed E-state index contributed by atoms with van der Waals surface area (Å²) in [7, 11) is 0. The van der Waals surface area contributed by atoms with E-state index in [0.29, 0.717) is 16.9 Å². The lowest BCUT2D eigenvalue weighted by atomic mass is 9.96. The van der Waals surface area contributed by atoms with Gasteiger partial charge in [-0.3, -0.25) is 0 Å². The van der Waals surface area contributed by atoms with Crippen LogP contribution >= 0.6 is 11.6 Å². The molecule has 5 nitrogen and oxygen atoms in total. The first kappa shape index (κ1) is 17.8. The number of likely N-dealkylation sites (tertiary alicyclic amines) is 1. The Morgan fingerprint density at radius 3 is 2.60 bits per heavy atom. The molecule has 0 bridgehead atoms. The molecule has 0 radical (unpaired) electrons. The number of carbonyl (C=O) groups excluding carboxylic acids is 1. The van der Waals surface area contributed by atoms with Crippen molar-refractivity contribution in [3.8, 4) is 0 Å². The van der Waals surface area contributed by atoms with E-state index in [-0.39, 0.29) is 6.03 Å². The molecule has 2 amide bonds. The number of anilines is 1. The number of aromatic nitrogens is 2. The van der Waals surface area contributed by atoms with Crippen molar-refractivity contribution in [2.45, 2.75) is 39.2 Å². The van der Waals surface area contributed by atoms with Crippen LogP contribution in [0.1, 0.15) is 38.4 Å². The predicted molar refractivity (Wildman–Crippen MR) is 101 cm³/mol. The van der Waals surface area contributed by atoms with Crippen LogP contribution in [-0.2, 0) is 6.54 Å². The van der Waals surface area contributed by atoms with Gasteiger partial charge in [0.25, 0.3) is 0 Å². The summed E-state index contributed by atoms with van der Waals surface area (Å²) in [4.78, 5) is 18.7. The minimum absolute atomic E-state index is 0.0359. The van der Waals surface area contributed by atoms with Crippen LogP contribution in [0.2, 0.25) is 5.02 Å². The Balaban J connectivity index is 1.50. The van der Waals surface area contributed by atoms with Gasteiger partial charge in [-0.25, -0.2) is 9.78 Å². The second kappa shape index (κ2) is 7.91. The summed E-state index contributed by atoms with van der Waals surface area (Å²) in [6.07, 6.45) is 5.98. The van der Waals surface area contributed by atoms with Gasteiger partial charge in [-0.1, -0.05) is 25.4 Å². The van der Waals surface area contributed by atoms with Gasteiger partial charge in [-0.2, -0.15) is 0 Å². The Kier molecular flexibility index (Phi) is 5.63. The maximum atomic E-state index is 12.4. The number of amides is 2. The summed E-state index contributed by atoms with van der Waals surface area (Å²) >= 11 is 5.87. The SMILES string of the molecule is CC(C)c1nccn1CC1CCN(C(=O)Nc2ccc(Cl)cc2)CC1. The molecule has 1 aromatic heterocycles. The van der Waals surface area contributed by atoms with E-state index in [1.807, 2.05) is 23.2 Å². The average Bonchev–Trinajstić information content (AvgIpc) is 3.06. The van der Waals surface area contributed by atoms with Crippen LogP contribution < -0.4 is 5.32 Å². The minimum Gasteiger partial charge on any atom is -0.334 e. The molecule has 1 fully saturated rings. The zero-order valence-corrected chi connectivity index (χ0v) is 15.5. The van der Waals surface area contributed by atoms with Crippen LogP contribution in [0.5, 0.6) is 0 Å². The Labute approximate surface area is 154 Å². The number of rotatable bonds is 4. The zero-order valence-electron chi connectivity index (χ0n) is 14.8.